The summed E-state index contributed by atoms with van der Waals surface area (Å²) in [5.74, 6) is -0.440. The SMILES string of the molecule is CN(CC(=O)Cc1ccccc1F)c1cccc(C#N)c1. The molecule has 0 aromatic heterocycles. The molecule has 0 aliphatic heterocycles. The Balaban J connectivity index is 2.02. The summed E-state index contributed by atoms with van der Waals surface area (Å²) in [7, 11) is 1.77. The number of nitriles is 1. The third-order valence-electron chi connectivity index (χ3n) is 3.18. The predicted molar refractivity (Wildman–Crippen MR) is 79.5 cm³/mol. The molecule has 0 fully saturated rings. The molecule has 0 radical (unpaired) electrons. The molecule has 0 amide bonds. The molecule has 0 aliphatic rings. The van der Waals surface area contributed by atoms with Crippen LogP contribution in [-0.2, 0) is 11.2 Å². The first-order chi connectivity index (χ1) is 10.1. The number of likely N-dealkylation sites (N-methyl/N-ethyl adjacent to an activating group) is 1. The molecule has 0 aliphatic carbocycles. The number of hydrogen-bond acceptors (Lipinski definition) is 3. The normalized spacial score (nSPS) is 9.95. The molecule has 2 rings (SSSR count). The van der Waals surface area contributed by atoms with E-state index in [-0.39, 0.29) is 24.6 Å². The van der Waals surface area contributed by atoms with Gasteiger partial charge in [-0.3, -0.25) is 4.79 Å². The van der Waals surface area contributed by atoms with E-state index < -0.39 is 0 Å². The van der Waals surface area contributed by atoms with E-state index in [2.05, 4.69) is 6.07 Å². The Hall–Kier alpha value is -2.67. The van der Waals surface area contributed by atoms with Gasteiger partial charge in [0.05, 0.1) is 18.2 Å². The van der Waals surface area contributed by atoms with E-state index in [1.165, 1.54) is 6.07 Å². The maximum Gasteiger partial charge on any atom is 0.156 e. The second-order valence-electron chi connectivity index (χ2n) is 4.83. The van der Waals surface area contributed by atoms with Crippen LogP contribution in [0.25, 0.3) is 0 Å². The van der Waals surface area contributed by atoms with Gasteiger partial charge >= 0.3 is 0 Å². The van der Waals surface area contributed by atoms with E-state index in [0.29, 0.717) is 11.1 Å². The van der Waals surface area contributed by atoms with E-state index in [1.807, 2.05) is 6.07 Å². The molecule has 106 valence electrons. The van der Waals surface area contributed by atoms with Gasteiger partial charge in [0.2, 0.25) is 0 Å². The summed E-state index contributed by atoms with van der Waals surface area (Å²) in [5.41, 5.74) is 1.73. The summed E-state index contributed by atoms with van der Waals surface area (Å²) >= 11 is 0. The van der Waals surface area contributed by atoms with Gasteiger partial charge in [-0.25, -0.2) is 4.39 Å². The molecule has 2 aromatic rings. The van der Waals surface area contributed by atoms with Crippen molar-refractivity contribution in [2.75, 3.05) is 18.5 Å². The number of anilines is 1. The molecule has 0 heterocycles. The van der Waals surface area contributed by atoms with Crippen LogP contribution in [0.3, 0.4) is 0 Å². The molecule has 3 nitrogen and oxygen atoms in total. The zero-order valence-electron chi connectivity index (χ0n) is 11.7. The molecular formula is C17H15FN2O. The Bertz CT molecular complexity index is 691. The summed E-state index contributed by atoms with van der Waals surface area (Å²) in [4.78, 5) is 13.8. The number of Topliss-reactive ketones (excluding diaryl/α,β-unsaturated/α-hetero) is 1. The molecule has 21 heavy (non-hydrogen) atoms. The number of carbonyl (C=O) groups is 1. The van der Waals surface area contributed by atoms with E-state index in [0.717, 1.165) is 5.69 Å². The van der Waals surface area contributed by atoms with Gasteiger partial charge < -0.3 is 4.90 Å². The minimum Gasteiger partial charge on any atom is -0.367 e. The monoisotopic (exact) mass is 282 g/mol. The molecule has 4 heteroatoms. The smallest absolute Gasteiger partial charge is 0.156 e. The average molecular weight is 282 g/mol. The highest BCUT2D eigenvalue weighted by molar-refractivity contribution is 5.85. The molecule has 0 bridgehead atoms. The highest BCUT2D eigenvalue weighted by Gasteiger charge is 2.11. The van der Waals surface area contributed by atoms with Crippen molar-refractivity contribution in [1.82, 2.24) is 0 Å². The van der Waals surface area contributed by atoms with Gasteiger partial charge in [-0.1, -0.05) is 24.3 Å². The number of benzene rings is 2. The lowest BCUT2D eigenvalue weighted by Crippen LogP contribution is -2.26. The first-order valence-electron chi connectivity index (χ1n) is 6.56. The van der Waals surface area contributed by atoms with E-state index >= 15 is 0 Å². The largest absolute Gasteiger partial charge is 0.367 e. The van der Waals surface area contributed by atoms with Gasteiger partial charge in [0.25, 0.3) is 0 Å². The van der Waals surface area contributed by atoms with E-state index in [4.69, 9.17) is 5.26 Å². The minimum atomic E-state index is -0.361. The molecule has 0 N–H and O–H groups in total. The molecule has 0 spiro atoms. The zero-order chi connectivity index (χ0) is 15.2. The molecule has 0 saturated carbocycles. The Labute approximate surface area is 123 Å². The number of halogens is 1. The van der Waals surface area contributed by atoms with Crippen molar-refractivity contribution >= 4 is 11.5 Å². The van der Waals surface area contributed by atoms with Gasteiger partial charge in [0.1, 0.15) is 5.82 Å². The summed E-state index contributed by atoms with van der Waals surface area (Å²) in [6, 6.07) is 15.4. The van der Waals surface area contributed by atoms with Crippen LogP contribution in [0.15, 0.2) is 48.5 Å². The lowest BCUT2D eigenvalue weighted by Gasteiger charge is -2.18. The molecule has 0 unspecified atom stereocenters. The molecule has 2 aromatic carbocycles. The number of ketones is 1. The Morgan fingerprint density at radius 3 is 2.71 bits per heavy atom. The third-order valence-corrected chi connectivity index (χ3v) is 3.18. The van der Waals surface area contributed by atoms with E-state index in [9.17, 15) is 9.18 Å². The van der Waals surface area contributed by atoms with Crippen molar-refractivity contribution in [1.29, 1.82) is 5.26 Å². The fourth-order valence-corrected chi connectivity index (χ4v) is 2.08. The fraction of sp³-hybridized carbons (Fsp3) is 0.176. The lowest BCUT2D eigenvalue weighted by atomic mass is 10.1. The van der Waals surface area contributed by atoms with Crippen LogP contribution in [0.1, 0.15) is 11.1 Å². The summed E-state index contributed by atoms with van der Waals surface area (Å²) in [6.07, 6.45) is 0.0644. The Morgan fingerprint density at radius 2 is 2.00 bits per heavy atom. The highest BCUT2D eigenvalue weighted by Crippen LogP contribution is 2.15. The van der Waals surface area contributed by atoms with Gasteiger partial charge in [-0.2, -0.15) is 5.26 Å². The Kier molecular flexibility index (Phi) is 4.68. The number of hydrogen-bond donors (Lipinski definition) is 0. The van der Waals surface area contributed by atoms with Crippen LogP contribution in [-0.4, -0.2) is 19.4 Å². The fourth-order valence-electron chi connectivity index (χ4n) is 2.08. The second-order valence-corrected chi connectivity index (χ2v) is 4.83. The van der Waals surface area contributed by atoms with Crippen LogP contribution in [0.5, 0.6) is 0 Å². The minimum absolute atomic E-state index is 0.0644. The third kappa shape index (κ3) is 3.90. The summed E-state index contributed by atoms with van der Waals surface area (Å²) in [6.45, 7) is 0.170. The van der Waals surface area contributed by atoms with Crippen LogP contribution in [0, 0.1) is 17.1 Å². The maximum atomic E-state index is 13.5. The molecule has 0 atom stereocenters. The van der Waals surface area contributed by atoms with Crippen LogP contribution in [0.2, 0.25) is 0 Å². The van der Waals surface area contributed by atoms with E-state index in [1.54, 1.807) is 48.3 Å². The van der Waals surface area contributed by atoms with Crippen molar-refractivity contribution in [2.24, 2.45) is 0 Å². The number of carbonyl (C=O) groups excluding carboxylic acids is 1. The van der Waals surface area contributed by atoms with Gasteiger partial charge in [0.15, 0.2) is 5.78 Å². The van der Waals surface area contributed by atoms with Gasteiger partial charge in [-0.05, 0) is 29.8 Å². The van der Waals surface area contributed by atoms with Crippen molar-refractivity contribution in [3.8, 4) is 6.07 Å². The average Bonchev–Trinajstić information content (AvgIpc) is 2.49. The van der Waals surface area contributed by atoms with Crippen molar-refractivity contribution in [3.05, 3.63) is 65.5 Å². The standard InChI is InChI=1S/C17H15FN2O/c1-20(15-7-4-5-13(9-15)11-19)12-16(21)10-14-6-2-3-8-17(14)18/h2-9H,10,12H2,1H3. The molecular weight excluding hydrogens is 267 g/mol. The summed E-state index contributed by atoms with van der Waals surface area (Å²) < 4.78 is 13.5. The van der Waals surface area contributed by atoms with Crippen molar-refractivity contribution < 1.29 is 9.18 Å². The summed E-state index contributed by atoms with van der Waals surface area (Å²) in [5, 5.41) is 8.87. The number of nitrogens with zero attached hydrogens (tertiary/aromatic N) is 2. The Morgan fingerprint density at radius 1 is 1.24 bits per heavy atom. The first kappa shape index (κ1) is 14.7. The zero-order valence-corrected chi connectivity index (χ0v) is 11.7. The number of rotatable bonds is 5. The van der Waals surface area contributed by atoms with Crippen molar-refractivity contribution in [3.63, 3.8) is 0 Å². The highest BCUT2D eigenvalue weighted by atomic mass is 19.1. The predicted octanol–water partition coefficient (Wildman–Crippen LogP) is 2.95. The lowest BCUT2D eigenvalue weighted by molar-refractivity contribution is -0.117. The van der Waals surface area contributed by atoms with Gasteiger partial charge in [-0.15, -0.1) is 0 Å². The van der Waals surface area contributed by atoms with Crippen LogP contribution >= 0.6 is 0 Å². The van der Waals surface area contributed by atoms with Crippen LogP contribution < -0.4 is 4.90 Å². The molecule has 0 saturated heterocycles. The maximum absolute atomic E-state index is 13.5. The topological polar surface area (TPSA) is 44.1 Å². The van der Waals surface area contributed by atoms with Crippen LogP contribution in [0.4, 0.5) is 10.1 Å². The first-order valence-corrected chi connectivity index (χ1v) is 6.56. The second kappa shape index (κ2) is 6.67. The van der Waals surface area contributed by atoms with Gasteiger partial charge in [0, 0.05) is 19.2 Å². The quantitative estimate of drug-likeness (QED) is 0.847. The van der Waals surface area contributed by atoms with Crippen molar-refractivity contribution in [2.45, 2.75) is 6.42 Å².